The Morgan fingerprint density at radius 1 is 1.39 bits per heavy atom. The Morgan fingerprint density at radius 3 is 2.94 bits per heavy atom. The molecule has 1 aromatic rings. The molecule has 0 saturated carbocycles. The molecule has 0 bridgehead atoms. The summed E-state index contributed by atoms with van der Waals surface area (Å²) in [6.07, 6.45) is 5.56. The summed E-state index contributed by atoms with van der Waals surface area (Å²) in [5.41, 5.74) is 0. The van der Waals surface area contributed by atoms with Crippen molar-refractivity contribution in [3.63, 3.8) is 0 Å². The van der Waals surface area contributed by atoms with Gasteiger partial charge in [0, 0.05) is 12.4 Å². The Labute approximate surface area is 129 Å². The van der Waals surface area contributed by atoms with Crippen molar-refractivity contribution < 1.29 is 9.47 Å². The van der Waals surface area contributed by atoms with Crippen molar-refractivity contribution in [1.29, 1.82) is 0 Å². The molecule has 0 spiro atoms. The van der Waals surface area contributed by atoms with Gasteiger partial charge in [0.2, 0.25) is 0 Å². The molecule has 2 rings (SSSR count). The van der Waals surface area contributed by atoms with E-state index in [0.717, 1.165) is 28.5 Å². The lowest BCUT2D eigenvalue weighted by molar-refractivity contribution is -0.158. The summed E-state index contributed by atoms with van der Waals surface area (Å²) in [5.74, 6) is 0.968. The first-order valence-electron chi connectivity index (χ1n) is 5.83. The predicted molar refractivity (Wildman–Crippen MR) is 85.1 cm³/mol. The van der Waals surface area contributed by atoms with E-state index in [-0.39, 0.29) is 6.29 Å². The smallest absolute Gasteiger partial charge is 0.157 e. The molecule has 102 valence electrons. The lowest BCUT2D eigenvalue weighted by Gasteiger charge is -2.22. The second-order valence-electron chi connectivity index (χ2n) is 3.75. The van der Waals surface area contributed by atoms with Gasteiger partial charge in [-0.25, -0.2) is 0 Å². The molecule has 0 aliphatic carbocycles. The number of rotatable bonds is 6. The Kier molecular flexibility index (Phi) is 6.99. The SMILES string of the molecule is CSc1sc(=S)sc1SCCOC1CCCCO1. The van der Waals surface area contributed by atoms with Crippen LogP contribution in [0.1, 0.15) is 19.3 Å². The van der Waals surface area contributed by atoms with Gasteiger partial charge >= 0.3 is 0 Å². The van der Waals surface area contributed by atoms with Gasteiger partial charge in [0.25, 0.3) is 0 Å². The second-order valence-corrected chi connectivity index (χ2v) is 9.41. The van der Waals surface area contributed by atoms with Crippen LogP contribution in [0.5, 0.6) is 0 Å². The van der Waals surface area contributed by atoms with Crippen molar-refractivity contribution in [1.82, 2.24) is 0 Å². The van der Waals surface area contributed by atoms with Crippen LogP contribution < -0.4 is 0 Å². The van der Waals surface area contributed by atoms with Gasteiger partial charge in [-0.05, 0) is 25.5 Å². The van der Waals surface area contributed by atoms with Crippen LogP contribution in [0.15, 0.2) is 8.42 Å². The summed E-state index contributed by atoms with van der Waals surface area (Å²) in [6.45, 7) is 1.60. The largest absolute Gasteiger partial charge is 0.353 e. The number of hydrogen-bond donors (Lipinski definition) is 0. The van der Waals surface area contributed by atoms with Crippen LogP contribution in [-0.2, 0) is 9.47 Å². The van der Waals surface area contributed by atoms with Crippen LogP contribution in [0.2, 0.25) is 0 Å². The molecule has 1 saturated heterocycles. The molecule has 1 fully saturated rings. The highest BCUT2D eigenvalue weighted by Gasteiger charge is 2.14. The van der Waals surface area contributed by atoms with E-state index >= 15 is 0 Å². The van der Waals surface area contributed by atoms with Gasteiger partial charge in [-0.15, -0.1) is 46.2 Å². The first-order valence-corrected chi connectivity index (χ1v) is 10.1. The zero-order chi connectivity index (χ0) is 12.8. The molecule has 2 heterocycles. The third-order valence-electron chi connectivity index (χ3n) is 2.46. The maximum absolute atomic E-state index is 5.72. The van der Waals surface area contributed by atoms with E-state index in [0.29, 0.717) is 0 Å². The van der Waals surface area contributed by atoms with Crippen LogP contribution in [0.3, 0.4) is 0 Å². The quantitative estimate of drug-likeness (QED) is 0.415. The van der Waals surface area contributed by atoms with Crippen molar-refractivity contribution in [3.8, 4) is 0 Å². The van der Waals surface area contributed by atoms with Gasteiger partial charge in [0.15, 0.2) is 6.29 Å². The molecule has 1 aliphatic rings. The van der Waals surface area contributed by atoms with Crippen LogP contribution >= 0.6 is 58.4 Å². The molecule has 0 radical (unpaired) electrons. The third kappa shape index (κ3) is 4.77. The van der Waals surface area contributed by atoms with Crippen LogP contribution in [-0.4, -0.2) is 31.5 Å². The zero-order valence-electron chi connectivity index (χ0n) is 10.2. The van der Waals surface area contributed by atoms with E-state index in [1.807, 2.05) is 11.8 Å². The van der Waals surface area contributed by atoms with Crippen molar-refractivity contribution in [2.45, 2.75) is 34.0 Å². The lowest BCUT2D eigenvalue weighted by Crippen LogP contribution is -2.23. The number of ether oxygens (including phenoxy) is 2. The molecule has 1 aliphatic heterocycles. The molecule has 18 heavy (non-hydrogen) atoms. The van der Waals surface area contributed by atoms with Crippen LogP contribution in [0.4, 0.5) is 0 Å². The van der Waals surface area contributed by atoms with E-state index < -0.39 is 0 Å². The van der Waals surface area contributed by atoms with Crippen molar-refractivity contribution in [2.24, 2.45) is 0 Å². The molecular weight excluding hydrogens is 324 g/mol. The molecular formula is C11H16O2S5. The van der Waals surface area contributed by atoms with Crippen molar-refractivity contribution >= 4 is 58.4 Å². The average molecular weight is 341 g/mol. The monoisotopic (exact) mass is 340 g/mol. The normalized spacial score (nSPS) is 20.2. The van der Waals surface area contributed by atoms with Crippen molar-refractivity contribution in [3.05, 3.63) is 3.14 Å². The molecule has 1 aromatic heterocycles. The van der Waals surface area contributed by atoms with E-state index in [2.05, 4.69) is 6.26 Å². The summed E-state index contributed by atoms with van der Waals surface area (Å²) in [7, 11) is 0. The molecule has 7 heteroatoms. The second kappa shape index (κ2) is 8.24. The number of thioether (sulfide) groups is 2. The maximum atomic E-state index is 5.72. The Bertz CT molecular complexity index is 408. The summed E-state index contributed by atoms with van der Waals surface area (Å²) >= 11 is 12.3. The molecule has 1 atom stereocenters. The van der Waals surface area contributed by atoms with Crippen molar-refractivity contribution in [2.75, 3.05) is 25.2 Å². The predicted octanol–water partition coefficient (Wildman–Crippen LogP) is 4.90. The topological polar surface area (TPSA) is 18.5 Å². The van der Waals surface area contributed by atoms with E-state index in [1.165, 1.54) is 21.3 Å². The fourth-order valence-electron chi connectivity index (χ4n) is 1.63. The Balaban J connectivity index is 1.69. The highest BCUT2D eigenvalue weighted by atomic mass is 32.2. The van der Waals surface area contributed by atoms with Gasteiger partial charge in [0.05, 0.1) is 15.0 Å². The summed E-state index contributed by atoms with van der Waals surface area (Å²) < 4.78 is 14.9. The molecule has 0 amide bonds. The van der Waals surface area contributed by atoms with E-state index in [9.17, 15) is 0 Å². The summed E-state index contributed by atoms with van der Waals surface area (Å²) in [5, 5.41) is 0. The molecule has 0 N–H and O–H groups in total. The highest BCUT2D eigenvalue weighted by Crippen LogP contribution is 2.39. The highest BCUT2D eigenvalue weighted by molar-refractivity contribution is 8.05. The van der Waals surface area contributed by atoms with E-state index in [1.54, 1.807) is 34.4 Å². The fourth-order valence-corrected chi connectivity index (χ4v) is 7.22. The summed E-state index contributed by atoms with van der Waals surface area (Å²) in [4.78, 5) is 0. The first kappa shape index (κ1) is 15.3. The van der Waals surface area contributed by atoms with Gasteiger partial charge in [-0.3, -0.25) is 0 Å². The minimum absolute atomic E-state index is 0.0278. The molecule has 0 aromatic carbocycles. The Morgan fingerprint density at radius 2 is 2.22 bits per heavy atom. The minimum Gasteiger partial charge on any atom is -0.353 e. The van der Waals surface area contributed by atoms with Gasteiger partial charge in [-0.1, -0.05) is 12.2 Å². The van der Waals surface area contributed by atoms with Crippen LogP contribution in [0, 0.1) is 3.14 Å². The van der Waals surface area contributed by atoms with E-state index in [4.69, 9.17) is 21.7 Å². The van der Waals surface area contributed by atoms with Crippen LogP contribution in [0.25, 0.3) is 0 Å². The Hall–Kier alpha value is 0.890. The molecule has 2 nitrogen and oxygen atoms in total. The average Bonchev–Trinajstić information content (AvgIpc) is 2.76. The van der Waals surface area contributed by atoms with Gasteiger partial charge in [0.1, 0.15) is 3.14 Å². The molecule has 1 unspecified atom stereocenters. The standard InChI is InChI=1S/C11H16O2S5/c1-15-9-10(18-11(14)17-9)16-7-6-13-8-4-2-3-5-12-8/h8H,2-7H2,1H3. The number of hydrogen-bond acceptors (Lipinski definition) is 7. The maximum Gasteiger partial charge on any atom is 0.157 e. The van der Waals surface area contributed by atoms with Gasteiger partial charge < -0.3 is 9.47 Å². The lowest BCUT2D eigenvalue weighted by atomic mass is 10.2. The minimum atomic E-state index is 0.0278. The van der Waals surface area contributed by atoms with Gasteiger partial charge in [-0.2, -0.15) is 0 Å². The summed E-state index contributed by atoms with van der Waals surface area (Å²) in [6, 6.07) is 0. The first-order chi connectivity index (χ1) is 8.79. The fraction of sp³-hybridized carbons (Fsp3) is 0.727. The third-order valence-corrected chi connectivity index (χ3v) is 7.86. The zero-order valence-corrected chi connectivity index (χ0v) is 14.3.